The van der Waals surface area contributed by atoms with Gasteiger partial charge in [-0.1, -0.05) is 0 Å². The number of amides is 2. The first kappa shape index (κ1) is 13.8. The van der Waals surface area contributed by atoms with E-state index < -0.39 is 5.97 Å². The van der Waals surface area contributed by atoms with Gasteiger partial charge in [0, 0.05) is 26.7 Å². The first-order valence-electron chi connectivity index (χ1n) is 5.78. The summed E-state index contributed by atoms with van der Waals surface area (Å²) in [4.78, 5) is 25.7. The van der Waals surface area contributed by atoms with E-state index in [1.807, 2.05) is 0 Å². The predicted octanol–water partition coefficient (Wildman–Crippen LogP) is 0.624. The van der Waals surface area contributed by atoms with Gasteiger partial charge >= 0.3 is 12.0 Å². The highest BCUT2D eigenvalue weighted by Gasteiger charge is 2.29. The second kappa shape index (κ2) is 6.44. The molecule has 2 amide bonds. The molecule has 1 aliphatic rings. The molecule has 6 nitrogen and oxygen atoms in total. The van der Waals surface area contributed by atoms with Crippen molar-refractivity contribution in [3.8, 4) is 0 Å². The molecule has 0 radical (unpaired) electrons. The van der Waals surface area contributed by atoms with E-state index in [0.717, 1.165) is 19.3 Å². The van der Waals surface area contributed by atoms with E-state index in [4.69, 9.17) is 9.84 Å². The van der Waals surface area contributed by atoms with Crippen LogP contribution in [-0.2, 0) is 9.53 Å². The van der Waals surface area contributed by atoms with Crippen LogP contribution in [0, 0.1) is 0 Å². The number of nitrogens with zero attached hydrogens (tertiary/aromatic N) is 2. The van der Waals surface area contributed by atoms with Crippen molar-refractivity contribution in [1.29, 1.82) is 0 Å². The average Bonchev–Trinajstić information content (AvgIpc) is 2.20. The van der Waals surface area contributed by atoms with E-state index in [9.17, 15) is 9.59 Å². The highest BCUT2D eigenvalue weighted by Crippen LogP contribution is 2.24. The smallest absolute Gasteiger partial charge is 0.323 e. The molecular formula is C11H20N2O4. The van der Waals surface area contributed by atoms with Crippen LogP contribution in [-0.4, -0.2) is 66.8 Å². The SMILES string of the molecule is COCCN(CC(=O)O)C(=O)N(C)C1CCC1. The summed E-state index contributed by atoms with van der Waals surface area (Å²) in [6.45, 7) is 0.371. The van der Waals surface area contributed by atoms with Crippen LogP contribution in [0.5, 0.6) is 0 Å². The fraction of sp³-hybridized carbons (Fsp3) is 0.818. The zero-order chi connectivity index (χ0) is 12.8. The Morgan fingerprint density at radius 1 is 1.41 bits per heavy atom. The predicted molar refractivity (Wildman–Crippen MR) is 61.9 cm³/mol. The Hall–Kier alpha value is -1.30. The van der Waals surface area contributed by atoms with Gasteiger partial charge < -0.3 is 19.6 Å². The van der Waals surface area contributed by atoms with Crippen molar-refractivity contribution in [3.63, 3.8) is 0 Å². The fourth-order valence-electron chi connectivity index (χ4n) is 1.76. The number of aliphatic carboxylic acids is 1. The summed E-state index contributed by atoms with van der Waals surface area (Å²) in [6.07, 6.45) is 3.15. The van der Waals surface area contributed by atoms with Gasteiger partial charge in [-0.05, 0) is 19.3 Å². The summed E-state index contributed by atoms with van der Waals surface area (Å²) >= 11 is 0. The lowest BCUT2D eigenvalue weighted by atomic mass is 9.92. The minimum absolute atomic E-state index is 0.228. The van der Waals surface area contributed by atoms with Crippen molar-refractivity contribution >= 4 is 12.0 Å². The van der Waals surface area contributed by atoms with Gasteiger partial charge in [-0.2, -0.15) is 0 Å². The molecule has 6 heteroatoms. The van der Waals surface area contributed by atoms with E-state index in [0.29, 0.717) is 13.2 Å². The number of urea groups is 1. The van der Waals surface area contributed by atoms with Crippen molar-refractivity contribution in [2.75, 3.05) is 33.9 Å². The van der Waals surface area contributed by atoms with E-state index >= 15 is 0 Å². The third-order valence-corrected chi connectivity index (χ3v) is 3.09. The Balaban J connectivity index is 2.53. The third-order valence-electron chi connectivity index (χ3n) is 3.09. The maximum Gasteiger partial charge on any atom is 0.323 e. The molecule has 0 heterocycles. The van der Waals surface area contributed by atoms with Gasteiger partial charge in [0.1, 0.15) is 6.54 Å². The van der Waals surface area contributed by atoms with Gasteiger partial charge in [0.2, 0.25) is 0 Å². The standard InChI is InChI=1S/C11H20N2O4/c1-12(9-4-3-5-9)11(16)13(6-7-17-2)8-10(14)15/h9H,3-8H2,1-2H3,(H,14,15). The number of carboxylic acid groups (broad SMARTS) is 1. The van der Waals surface area contributed by atoms with Crippen molar-refractivity contribution in [3.05, 3.63) is 0 Å². The molecule has 98 valence electrons. The Kier molecular flexibility index (Phi) is 5.21. The van der Waals surface area contributed by atoms with Crippen LogP contribution >= 0.6 is 0 Å². The number of rotatable bonds is 6. The maximum atomic E-state index is 12.1. The van der Waals surface area contributed by atoms with Gasteiger partial charge in [-0.3, -0.25) is 4.79 Å². The highest BCUT2D eigenvalue weighted by atomic mass is 16.5. The van der Waals surface area contributed by atoms with Gasteiger partial charge in [0.25, 0.3) is 0 Å². The molecule has 1 rings (SSSR count). The van der Waals surface area contributed by atoms with Crippen molar-refractivity contribution in [2.24, 2.45) is 0 Å². The van der Waals surface area contributed by atoms with Crippen LogP contribution in [0.15, 0.2) is 0 Å². The normalized spacial score (nSPS) is 15.2. The number of carbonyl (C=O) groups is 2. The van der Waals surface area contributed by atoms with Gasteiger partial charge in [0.15, 0.2) is 0 Å². The van der Waals surface area contributed by atoms with E-state index in [1.54, 1.807) is 11.9 Å². The van der Waals surface area contributed by atoms with Crippen LogP contribution in [0.4, 0.5) is 4.79 Å². The number of hydrogen-bond donors (Lipinski definition) is 1. The molecule has 0 unspecified atom stereocenters. The number of carboxylic acids is 1. The number of ether oxygens (including phenoxy) is 1. The third kappa shape index (κ3) is 3.89. The number of carbonyl (C=O) groups excluding carboxylic acids is 1. The monoisotopic (exact) mass is 244 g/mol. The Bertz CT molecular complexity index is 279. The molecule has 0 aromatic heterocycles. The Labute approximate surface area is 101 Å². The highest BCUT2D eigenvalue weighted by molar-refractivity contribution is 5.80. The molecule has 1 aliphatic carbocycles. The summed E-state index contributed by atoms with van der Waals surface area (Å²) in [6, 6.07) is 0.0375. The molecule has 1 N–H and O–H groups in total. The fourth-order valence-corrected chi connectivity index (χ4v) is 1.76. The van der Waals surface area contributed by atoms with Crippen molar-refractivity contribution in [1.82, 2.24) is 9.80 Å². The van der Waals surface area contributed by atoms with Crippen LogP contribution < -0.4 is 0 Å². The molecule has 0 aliphatic heterocycles. The van der Waals surface area contributed by atoms with Crippen molar-refractivity contribution < 1.29 is 19.4 Å². The first-order valence-corrected chi connectivity index (χ1v) is 5.78. The molecule has 0 spiro atoms. The molecule has 0 saturated heterocycles. The van der Waals surface area contributed by atoms with E-state index in [-0.39, 0.29) is 18.6 Å². The lowest BCUT2D eigenvalue weighted by molar-refractivity contribution is -0.137. The summed E-state index contributed by atoms with van der Waals surface area (Å²) in [7, 11) is 3.26. The molecule has 17 heavy (non-hydrogen) atoms. The summed E-state index contributed by atoms with van der Waals surface area (Å²) < 4.78 is 4.88. The van der Waals surface area contributed by atoms with Gasteiger partial charge in [-0.25, -0.2) is 4.79 Å². The summed E-state index contributed by atoms with van der Waals surface area (Å²) in [5.41, 5.74) is 0. The van der Waals surface area contributed by atoms with Gasteiger partial charge in [-0.15, -0.1) is 0 Å². The summed E-state index contributed by atoms with van der Waals surface area (Å²) in [5.74, 6) is -1.00. The van der Waals surface area contributed by atoms with Crippen LogP contribution in [0.2, 0.25) is 0 Å². The zero-order valence-electron chi connectivity index (χ0n) is 10.4. The van der Waals surface area contributed by atoms with E-state index in [1.165, 1.54) is 12.0 Å². The molecule has 1 saturated carbocycles. The Morgan fingerprint density at radius 3 is 2.47 bits per heavy atom. The second-order valence-corrected chi connectivity index (χ2v) is 4.29. The zero-order valence-corrected chi connectivity index (χ0v) is 10.4. The number of methoxy groups -OCH3 is 1. The Morgan fingerprint density at radius 2 is 2.06 bits per heavy atom. The lowest BCUT2D eigenvalue weighted by Gasteiger charge is -2.37. The minimum Gasteiger partial charge on any atom is -0.480 e. The lowest BCUT2D eigenvalue weighted by Crippen LogP contribution is -2.50. The first-order chi connectivity index (χ1) is 8.06. The maximum absolute atomic E-state index is 12.1. The molecule has 0 aromatic rings. The van der Waals surface area contributed by atoms with Crippen LogP contribution in [0.3, 0.4) is 0 Å². The second-order valence-electron chi connectivity index (χ2n) is 4.29. The van der Waals surface area contributed by atoms with Crippen molar-refractivity contribution in [2.45, 2.75) is 25.3 Å². The van der Waals surface area contributed by atoms with Gasteiger partial charge in [0.05, 0.1) is 6.61 Å². The number of hydrogen-bond acceptors (Lipinski definition) is 3. The minimum atomic E-state index is -1.00. The summed E-state index contributed by atoms with van der Waals surface area (Å²) in [5, 5.41) is 8.77. The molecular weight excluding hydrogens is 224 g/mol. The largest absolute Gasteiger partial charge is 0.480 e. The van der Waals surface area contributed by atoms with E-state index in [2.05, 4.69) is 0 Å². The molecule has 0 atom stereocenters. The molecule has 0 aromatic carbocycles. The average molecular weight is 244 g/mol. The quantitative estimate of drug-likeness (QED) is 0.743. The van der Waals surface area contributed by atoms with Crippen LogP contribution in [0.1, 0.15) is 19.3 Å². The van der Waals surface area contributed by atoms with Crippen LogP contribution in [0.25, 0.3) is 0 Å². The topological polar surface area (TPSA) is 70.1 Å². The molecule has 0 bridgehead atoms. The molecule has 1 fully saturated rings.